The molecule has 5 nitrogen and oxygen atoms in total. The fourth-order valence-corrected chi connectivity index (χ4v) is 1.28. The minimum Gasteiger partial charge on any atom is -0.291 e. The van der Waals surface area contributed by atoms with E-state index in [0.717, 1.165) is 0 Å². The summed E-state index contributed by atoms with van der Waals surface area (Å²) in [5, 5.41) is 12.2. The molecule has 0 saturated carbocycles. The minimum atomic E-state index is -0.0782. The molecule has 0 aromatic carbocycles. The van der Waals surface area contributed by atoms with Gasteiger partial charge in [0.15, 0.2) is 0 Å². The predicted molar refractivity (Wildman–Crippen MR) is 39.6 cm³/mol. The molecule has 2 atom stereocenters. The molecule has 1 heterocycles. The number of hydrogen-bond donors (Lipinski definition) is 0. The van der Waals surface area contributed by atoms with E-state index in [2.05, 4.69) is 16.1 Å². The molecule has 0 bridgehead atoms. The van der Waals surface area contributed by atoms with Crippen molar-refractivity contribution in [2.75, 3.05) is 13.6 Å². The average Bonchev–Trinajstić information content (AvgIpc) is 2.32. The van der Waals surface area contributed by atoms with Gasteiger partial charge in [0, 0.05) is 11.5 Å². The fraction of sp³-hybridized carbons (Fsp3) is 0.833. The van der Waals surface area contributed by atoms with Gasteiger partial charge in [-0.2, -0.15) is 5.26 Å². The average molecular weight is 151 g/mol. The Morgan fingerprint density at radius 1 is 1.82 bits per heavy atom. The van der Waals surface area contributed by atoms with Gasteiger partial charge in [-0.05, 0) is 19.0 Å². The molecule has 11 heavy (non-hydrogen) atoms. The molecule has 1 rings (SSSR count). The zero-order valence-corrected chi connectivity index (χ0v) is 6.30. The van der Waals surface area contributed by atoms with Gasteiger partial charge >= 0.3 is 0 Å². The molecule has 0 aromatic rings. The second-order valence-electron chi connectivity index (χ2n) is 2.68. The maximum Gasteiger partial charge on any atom is 0.0979 e. The summed E-state index contributed by atoms with van der Waals surface area (Å²) < 4.78 is 0. The van der Waals surface area contributed by atoms with E-state index < -0.39 is 0 Å². The van der Waals surface area contributed by atoms with Crippen molar-refractivity contribution in [2.24, 2.45) is 5.11 Å². The van der Waals surface area contributed by atoms with Crippen molar-refractivity contribution < 1.29 is 0 Å². The lowest BCUT2D eigenvalue weighted by atomic mass is 10.2. The highest BCUT2D eigenvalue weighted by atomic mass is 15.2. The summed E-state index contributed by atoms with van der Waals surface area (Å²) in [4.78, 5) is 4.61. The monoisotopic (exact) mass is 151 g/mol. The Morgan fingerprint density at radius 2 is 2.55 bits per heavy atom. The normalized spacial score (nSPS) is 30.9. The van der Waals surface area contributed by atoms with Crippen molar-refractivity contribution in [3.05, 3.63) is 10.4 Å². The van der Waals surface area contributed by atoms with E-state index in [9.17, 15) is 0 Å². The highest BCUT2D eigenvalue weighted by Crippen LogP contribution is 2.17. The SMILES string of the molecule is CN1C[C@@H](N=[N+]=[N-])C[C@H]1C#N. The lowest BCUT2D eigenvalue weighted by Gasteiger charge is -2.09. The zero-order chi connectivity index (χ0) is 8.27. The Hall–Kier alpha value is -1.24. The molecule has 0 aliphatic carbocycles. The van der Waals surface area contributed by atoms with Gasteiger partial charge in [0.2, 0.25) is 0 Å². The summed E-state index contributed by atoms with van der Waals surface area (Å²) in [6.45, 7) is 0.697. The molecule has 1 saturated heterocycles. The van der Waals surface area contributed by atoms with Crippen molar-refractivity contribution in [1.29, 1.82) is 5.26 Å². The summed E-state index contributed by atoms with van der Waals surface area (Å²) in [5.74, 6) is 0. The third kappa shape index (κ3) is 1.61. The lowest BCUT2D eigenvalue weighted by Crippen LogP contribution is -2.23. The van der Waals surface area contributed by atoms with E-state index in [1.54, 1.807) is 0 Å². The van der Waals surface area contributed by atoms with Gasteiger partial charge in [0.1, 0.15) is 0 Å². The van der Waals surface area contributed by atoms with Crippen molar-refractivity contribution in [3.63, 3.8) is 0 Å². The summed E-state index contributed by atoms with van der Waals surface area (Å²) in [6, 6.07) is 2.05. The molecule has 0 unspecified atom stereocenters. The van der Waals surface area contributed by atoms with E-state index >= 15 is 0 Å². The molecule has 0 radical (unpaired) electrons. The van der Waals surface area contributed by atoms with Crippen LogP contribution in [-0.2, 0) is 0 Å². The van der Waals surface area contributed by atoms with Gasteiger partial charge in [0.25, 0.3) is 0 Å². The standard InChI is InChI=1S/C6H9N5/c1-11-4-5(9-10-8)2-6(11)3-7/h5-6H,2,4H2,1H3/t5-,6-/m0/s1. The smallest absolute Gasteiger partial charge is 0.0979 e. The number of nitrogens with zero attached hydrogens (tertiary/aromatic N) is 5. The highest BCUT2D eigenvalue weighted by molar-refractivity contribution is 5.00. The molecule has 0 spiro atoms. The maximum atomic E-state index is 8.60. The number of hydrogen-bond acceptors (Lipinski definition) is 3. The Morgan fingerprint density at radius 3 is 3.00 bits per heavy atom. The fourth-order valence-electron chi connectivity index (χ4n) is 1.28. The quantitative estimate of drug-likeness (QED) is 0.317. The number of rotatable bonds is 1. The van der Waals surface area contributed by atoms with Crippen LogP contribution in [0, 0.1) is 11.3 Å². The second-order valence-corrected chi connectivity index (χ2v) is 2.68. The first-order valence-corrected chi connectivity index (χ1v) is 3.42. The summed E-state index contributed by atoms with van der Waals surface area (Å²) in [6.07, 6.45) is 0.664. The summed E-state index contributed by atoms with van der Waals surface area (Å²) in [5.41, 5.74) is 8.13. The van der Waals surface area contributed by atoms with Gasteiger partial charge in [0.05, 0.1) is 18.2 Å². The lowest BCUT2D eigenvalue weighted by molar-refractivity contribution is 0.360. The van der Waals surface area contributed by atoms with Crippen LogP contribution in [0.5, 0.6) is 0 Å². The first-order chi connectivity index (χ1) is 5.27. The zero-order valence-electron chi connectivity index (χ0n) is 6.30. The van der Waals surface area contributed by atoms with E-state index in [1.165, 1.54) is 0 Å². The third-order valence-electron chi connectivity index (χ3n) is 1.89. The Balaban J connectivity index is 2.57. The number of azide groups is 1. The first-order valence-electron chi connectivity index (χ1n) is 3.42. The largest absolute Gasteiger partial charge is 0.291 e. The molecule has 0 aromatic heterocycles. The molecule has 1 aliphatic rings. The summed E-state index contributed by atoms with van der Waals surface area (Å²) in [7, 11) is 1.86. The van der Waals surface area contributed by atoms with Crippen LogP contribution in [0.15, 0.2) is 5.11 Å². The Labute approximate surface area is 64.8 Å². The first kappa shape index (κ1) is 7.86. The molecule has 0 amide bonds. The molecule has 1 fully saturated rings. The van der Waals surface area contributed by atoms with Crippen molar-refractivity contribution in [1.82, 2.24) is 4.90 Å². The second kappa shape index (κ2) is 3.24. The van der Waals surface area contributed by atoms with E-state index in [1.807, 2.05) is 11.9 Å². The molecule has 5 heteroatoms. The maximum absolute atomic E-state index is 8.60. The van der Waals surface area contributed by atoms with Gasteiger partial charge < -0.3 is 0 Å². The van der Waals surface area contributed by atoms with Gasteiger partial charge in [-0.25, -0.2) is 0 Å². The predicted octanol–water partition coefficient (Wildman–Crippen LogP) is 0.893. The Bertz CT molecular complexity index is 224. The van der Waals surface area contributed by atoms with Crippen LogP contribution in [0.2, 0.25) is 0 Å². The number of likely N-dealkylation sites (N-methyl/N-ethyl adjacent to an activating group) is 1. The molecular formula is C6H9N5. The van der Waals surface area contributed by atoms with Gasteiger partial charge in [-0.1, -0.05) is 5.11 Å². The van der Waals surface area contributed by atoms with Crippen LogP contribution in [0.25, 0.3) is 10.4 Å². The van der Waals surface area contributed by atoms with Gasteiger partial charge in [-0.3, -0.25) is 4.90 Å². The van der Waals surface area contributed by atoms with E-state index in [4.69, 9.17) is 10.8 Å². The van der Waals surface area contributed by atoms with Crippen LogP contribution >= 0.6 is 0 Å². The number of likely N-dealkylation sites (tertiary alicyclic amines) is 1. The van der Waals surface area contributed by atoms with E-state index in [-0.39, 0.29) is 12.1 Å². The van der Waals surface area contributed by atoms with Crippen molar-refractivity contribution in [3.8, 4) is 6.07 Å². The van der Waals surface area contributed by atoms with Crippen LogP contribution in [-0.4, -0.2) is 30.6 Å². The van der Waals surface area contributed by atoms with Crippen LogP contribution in [0.1, 0.15) is 6.42 Å². The topological polar surface area (TPSA) is 75.8 Å². The van der Waals surface area contributed by atoms with Crippen molar-refractivity contribution in [2.45, 2.75) is 18.5 Å². The minimum absolute atomic E-state index is 0.0188. The third-order valence-corrected chi connectivity index (χ3v) is 1.89. The van der Waals surface area contributed by atoms with Crippen LogP contribution in [0.4, 0.5) is 0 Å². The molecule has 1 aliphatic heterocycles. The van der Waals surface area contributed by atoms with Crippen LogP contribution in [0.3, 0.4) is 0 Å². The highest BCUT2D eigenvalue weighted by Gasteiger charge is 2.28. The molecular weight excluding hydrogens is 142 g/mol. The molecule has 0 N–H and O–H groups in total. The van der Waals surface area contributed by atoms with E-state index in [0.29, 0.717) is 13.0 Å². The van der Waals surface area contributed by atoms with Crippen molar-refractivity contribution >= 4 is 0 Å². The molecule has 58 valence electrons. The number of nitriles is 1. The Kier molecular flexibility index (Phi) is 2.32. The van der Waals surface area contributed by atoms with Crippen LogP contribution < -0.4 is 0 Å². The van der Waals surface area contributed by atoms with Gasteiger partial charge in [-0.15, -0.1) is 0 Å². The summed E-state index contributed by atoms with van der Waals surface area (Å²) >= 11 is 0.